The van der Waals surface area contributed by atoms with E-state index in [0.717, 1.165) is 36.8 Å². The molecule has 2 aliphatic rings. The molecule has 0 radical (unpaired) electrons. The monoisotopic (exact) mass is 334 g/mol. The highest BCUT2D eigenvalue weighted by molar-refractivity contribution is 8.01. The third kappa shape index (κ3) is 3.87. The number of thioether (sulfide) groups is 1. The number of benzene rings is 1. The fraction of sp³-hybridized carbons (Fsp3) is 0.529. The maximum atomic E-state index is 12.6. The Balaban J connectivity index is 1.61. The minimum atomic E-state index is -0.355. The van der Waals surface area contributed by atoms with Crippen LogP contribution in [0.4, 0.5) is 5.69 Å². The zero-order valence-electron chi connectivity index (χ0n) is 13.3. The molecule has 2 heterocycles. The fourth-order valence-electron chi connectivity index (χ4n) is 2.96. The predicted octanol–water partition coefficient (Wildman–Crippen LogP) is 2.37. The lowest BCUT2D eigenvalue weighted by molar-refractivity contribution is -0.133. The summed E-state index contributed by atoms with van der Waals surface area (Å²) >= 11 is 1.48. The van der Waals surface area contributed by atoms with E-state index in [4.69, 9.17) is 4.74 Å². The molecule has 1 saturated heterocycles. The fourth-order valence-corrected chi connectivity index (χ4v) is 4.06. The zero-order valence-corrected chi connectivity index (χ0v) is 14.1. The van der Waals surface area contributed by atoms with E-state index in [-0.39, 0.29) is 23.5 Å². The highest BCUT2D eigenvalue weighted by atomic mass is 32.2. The molecule has 5 nitrogen and oxygen atoms in total. The quantitative estimate of drug-likeness (QED) is 0.898. The van der Waals surface area contributed by atoms with Crippen molar-refractivity contribution in [2.75, 3.05) is 31.6 Å². The third-order valence-electron chi connectivity index (χ3n) is 4.30. The number of nitrogens with zero attached hydrogens (tertiary/aromatic N) is 1. The topological polar surface area (TPSA) is 58.6 Å². The molecule has 0 unspecified atom stereocenters. The second kappa shape index (κ2) is 7.36. The highest BCUT2D eigenvalue weighted by Crippen LogP contribution is 2.36. The van der Waals surface area contributed by atoms with Gasteiger partial charge in [0.1, 0.15) is 0 Å². The first kappa shape index (κ1) is 16.3. The zero-order chi connectivity index (χ0) is 16.2. The number of ether oxygens (including phenoxy) is 1. The van der Waals surface area contributed by atoms with Gasteiger partial charge in [-0.25, -0.2) is 0 Å². The Hall–Kier alpha value is -1.53. The lowest BCUT2D eigenvalue weighted by Crippen LogP contribution is -2.39. The largest absolute Gasteiger partial charge is 0.381 e. The second-order valence-electron chi connectivity index (χ2n) is 5.96. The summed E-state index contributed by atoms with van der Waals surface area (Å²) in [6, 6.07) is 7.70. The molecule has 0 spiro atoms. The van der Waals surface area contributed by atoms with Gasteiger partial charge in [0.25, 0.3) is 0 Å². The summed E-state index contributed by atoms with van der Waals surface area (Å²) in [5.74, 6) is 0.390. The van der Waals surface area contributed by atoms with E-state index in [1.807, 2.05) is 36.1 Å². The first-order valence-electron chi connectivity index (χ1n) is 8.09. The molecule has 0 aromatic heterocycles. The number of hydrogen-bond acceptors (Lipinski definition) is 4. The van der Waals surface area contributed by atoms with Gasteiger partial charge in [-0.3, -0.25) is 9.59 Å². The lowest BCUT2D eigenvalue weighted by Gasteiger charge is -2.28. The smallest absolute Gasteiger partial charge is 0.238 e. The van der Waals surface area contributed by atoms with Crippen molar-refractivity contribution in [1.29, 1.82) is 0 Å². The van der Waals surface area contributed by atoms with E-state index in [2.05, 4.69) is 5.32 Å². The summed E-state index contributed by atoms with van der Waals surface area (Å²) in [4.78, 5) is 27.7. The molecule has 3 rings (SSSR count). The maximum Gasteiger partial charge on any atom is 0.238 e. The molecule has 1 aromatic carbocycles. The Kier molecular flexibility index (Phi) is 5.23. The van der Waals surface area contributed by atoms with Gasteiger partial charge >= 0.3 is 0 Å². The number of para-hydroxylation sites is 1. The van der Waals surface area contributed by atoms with E-state index < -0.39 is 0 Å². The SMILES string of the molecule is CCN(C[C@H]1CCOC1)C(=O)C[C@@H]1Sc2ccccc2NC1=O. The maximum absolute atomic E-state index is 12.6. The van der Waals surface area contributed by atoms with Crippen molar-refractivity contribution in [1.82, 2.24) is 4.90 Å². The van der Waals surface area contributed by atoms with E-state index in [9.17, 15) is 9.59 Å². The highest BCUT2D eigenvalue weighted by Gasteiger charge is 2.31. The molecule has 124 valence electrons. The van der Waals surface area contributed by atoms with Crippen molar-refractivity contribution in [3.05, 3.63) is 24.3 Å². The van der Waals surface area contributed by atoms with Crippen LogP contribution in [0.25, 0.3) is 0 Å². The van der Waals surface area contributed by atoms with Crippen molar-refractivity contribution in [2.24, 2.45) is 5.92 Å². The molecule has 2 aliphatic heterocycles. The first-order valence-corrected chi connectivity index (χ1v) is 8.97. The Morgan fingerprint density at radius 3 is 3.00 bits per heavy atom. The summed E-state index contributed by atoms with van der Waals surface area (Å²) in [6.45, 7) is 4.90. The van der Waals surface area contributed by atoms with Gasteiger partial charge in [0.15, 0.2) is 0 Å². The van der Waals surface area contributed by atoms with Gasteiger partial charge < -0.3 is 15.0 Å². The summed E-state index contributed by atoms with van der Waals surface area (Å²) < 4.78 is 5.38. The minimum absolute atomic E-state index is 0.0476. The number of nitrogens with one attached hydrogen (secondary N) is 1. The third-order valence-corrected chi connectivity index (χ3v) is 5.58. The molecule has 23 heavy (non-hydrogen) atoms. The average molecular weight is 334 g/mol. The van der Waals surface area contributed by atoms with Gasteiger partial charge in [-0.15, -0.1) is 11.8 Å². The lowest BCUT2D eigenvalue weighted by atomic mass is 10.1. The number of carbonyl (C=O) groups excluding carboxylic acids is 2. The Labute approximate surface area is 140 Å². The standard InChI is InChI=1S/C17H22N2O3S/c1-2-19(10-12-7-8-22-11-12)16(20)9-15-17(21)18-13-5-3-4-6-14(13)23-15/h3-6,12,15H,2,7-11H2,1H3,(H,18,21)/t12-,15+/m1/s1. The van der Waals surface area contributed by atoms with Crippen molar-refractivity contribution in [3.8, 4) is 0 Å². The van der Waals surface area contributed by atoms with Crippen LogP contribution in [0.2, 0.25) is 0 Å². The summed E-state index contributed by atoms with van der Waals surface area (Å²) in [7, 11) is 0. The predicted molar refractivity (Wildman–Crippen MR) is 90.5 cm³/mol. The van der Waals surface area contributed by atoms with Crippen LogP contribution >= 0.6 is 11.8 Å². The second-order valence-corrected chi connectivity index (χ2v) is 7.20. The van der Waals surface area contributed by atoms with Crippen LogP contribution in [-0.4, -0.2) is 48.3 Å². The number of rotatable bonds is 5. The van der Waals surface area contributed by atoms with Crippen LogP contribution in [0.1, 0.15) is 19.8 Å². The van der Waals surface area contributed by atoms with Crippen LogP contribution in [-0.2, 0) is 14.3 Å². The molecule has 0 bridgehead atoms. The van der Waals surface area contributed by atoms with Crippen molar-refractivity contribution < 1.29 is 14.3 Å². The van der Waals surface area contributed by atoms with Crippen LogP contribution in [0.3, 0.4) is 0 Å². The number of amides is 2. The average Bonchev–Trinajstić information content (AvgIpc) is 3.06. The van der Waals surface area contributed by atoms with Crippen LogP contribution in [0.15, 0.2) is 29.2 Å². The van der Waals surface area contributed by atoms with Gasteiger partial charge in [-0.2, -0.15) is 0 Å². The number of hydrogen-bond donors (Lipinski definition) is 1. The van der Waals surface area contributed by atoms with Gasteiger partial charge in [0.2, 0.25) is 11.8 Å². The van der Waals surface area contributed by atoms with E-state index in [1.54, 1.807) is 0 Å². The molecule has 1 N–H and O–H groups in total. The number of carbonyl (C=O) groups is 2. The molecular weight excluding hydrogens is 312 g/mol. The first-order chi connectivity index (χ1) is 11.2. The Morgan fingerprint density at radius 2 is 2.26 bits per heavy atom. The van der Waals surface area contributed by atoms with Crippen molar-refractivity contribution in [3.63, 3.8) is 0 Å². The minimum Gasteiger partial charge on any atom is -0.381 e. The normalized spacial score (nSPS) is 23.3. The molecule has 2 atom stereocenters. The summed E-state index contributed by atoms with van der Waals surface area (Å²) in [5.41, 5.74) is 0.835. The molecular formula is C17H22N2O3S. The van der Waals surface area contributed by atoms with Crippen LogP contribution < -0.4 is 5.32 Å². The van der Waals surface area contributed by atoms with Gasteiger partial charge in [0.05, 0.1) is 17.5 Å². The van der Waals surface area contributed by atoms with Crippen LogP contribution in [0.5, 0.6) is 0 Å². The number of anilines is 1. The molecule has 1 aromatic rings. The van der Waals surface area contributed by atoms with Gasteiger partial charge in [-0.1, -0.05) is 12.1 Å². The van der Waals surface area contributed by atoms with Gasteiger partial charge in [0, 0.05) is 36.9 Å². The molecule has 0 saturated carbocycles. The number of fused-ring (bicyclic) bond motifs is 1. The van der Waals surface area contributed by atoms with Crippen molar-refractivity contribution in [2.45, 2.75) is 29.9 Å². The summed E-state index contributed by atoms with van der Waals surface area (Å²) in [6.07, 6.45) is 1.25. The van der Waals surface area contributed by atoms with E-state index in [0.29, 0.717) is 12.5 Å². The van der Waals surface area contributed by atoms with E-state index >= 15 is 0 Å². The van der Waals surface area contributed by atoms with E-state index in [1.165, 1.54) is 11.8 Å². The Bertz CT molecular complexity index is 587. The molecule has 2 amide bonds. The van der Waals surface area contributed by atoms with Gasteiger partial charge in [-0.05, 0) is 25.5 Å². The summed E-state index contributed by atoms with van der Waals surface area (Å²) in [5, 5.41) is 2.54. The molecule has 6 heteroatoms. The molecule has 0 aliphatic carbocycles. The molecule has 1 fully saturated rings. The Morgan fingerprint density at radius 1 is 1.43 bits per heavy atom. The van der Waals surface area contributed by atoms with Crippen LogP contribution in [0, 0.1) is 5.92 Å². The van der Waals surface area contributed by atoms with Crippen molar-refractivity contribution >= 4 is 29.3 Å².